The fourth-order valence-electron chi connectivity index (χ4n) is 7.30. The van der Waals surface area contributed by atoms with Crippen LogP contribution >= 0.6 is 11.6 Å². The Hall–Kier alpha value is -5.02. The molecule has 2 atom stereocenters. The van der Waals surface area contributed by atoms with Crippen LogP contribution in [0.25, 0.3) is 0 Å². The topological polar surface area (TPSA) is 184 Å². The lowest BCUT2D eigenvalue weighted by molar-refractivity contribution is -0.136. The first-order valence-corrected chi connectivity index (χ1v) is 16.5. The van der Waals surface area contributed by atoms with E-state index in [-0.39, 0.29) is 52.5 Å². The van der Waals surface area contributed by atoms with Gasteiger partial charge in [0.25, 0.3) is 17.7 Å². The predicted molar refractivity (Wildman–Crippen MR) is 175 cm³/mol. The highest BCUT2D eigenvalue weighted by molar-refractivity contribution is 6.28. The molecule has 254 valence electrons. The summed E-state index contributed by atoms with van der Waals surface area (Å²) in [6.07, 6.45) is 2.78. The van der Waals surface area contributed by atoms with E-state index >= 15 is 4.39 Å². The maximum Gasteiger partial charge on any atom is 0.273 e. The second kappa shape index (κ2) is 13.1. The summed E-state index contributed by atoms with van der Waals surface area (Å²) in [5.41, 5.74) is 7.53. The summed E-state index contributed by atoms with van der Waals surface area (Å²) in [4.78, 5) is 71.5. The molecule has 2 unspecified atom stereocenters. The highest BCUT2D eigenvalue weighted by Crippen LogP contribution is 2.35. The van der Waals surface area contributed by atoms with Gasteiger partial charge >= 0.3 is 0 Å². The maximum atomic E-state index is 15.3. The predicted octanol–water partition coefficient (Wildman–Crippen LogP) is 2.61. The van der Waals surface area contributed by atoms with Crippen molar-refractivity contribution in [2.24, 2.45) is 11.7 Å². The van der Waals surface area contributed by atoms with Crippen LogP contribution in [0.3, 0.4) is 0 Å². The minimum atomic E-state index is -0.993. The number of fused-ring (bicyclic) bond motifs is 1. The van der Waals surface area contributed by atoms with E-state index in [2.05, 4.69) is 35.6 Å². The van der Waals surface area contributed by atoms with Crippen LogP contribution in [0.15, 0.2) is 36.4 Å². The van der Waals surface area contributed by atoms with Gasteiger partial charge in [-0.05, 0) is 98.1 Å². The number of anilines is 3. The molecule has 7 rings (SSSR count). The first kappa shape index (κ1) is 32.5. The Kier molecular flexibility index (Phi) is 8.71. The maximum absolute atomic E-state index is 15.3. The molecule has 5 amide bonds. The number of aromatic nitrogens is 3. The minimum absolute atomic E-state index is 0.00498. The van der Waals surface area contributed by atoms with E-state index in [1.807, 2.05) is 6.07 Å². The number of benzene rings is 2. The van der Waals surface area contributed by atoms with Gasteiger partial charge in [0.05, 0.1) is 11.1 Å². The van der Waals surface area contributed by atoms with Gasteiger partial charge in [-0.3, -0.25) is 34.2 Å². The summed E-state index contributed by atoms with van der Waals surface area (Å²) in [5.74, 6) is -2.80. The van der Waals surface area contributed by atoms with Gasteiger partial charge in [0.15, 0.2) is 11.5 Å². The summed E-state index contributed by atoms with van der Waals surface area (Å²) < 4.78 is 15.3. The lowest BCUT2D eigenvalue weighted by atomic mass is 9.88. The van der Waals surface area contributed by atoms with Crippen LogP contribution in [0, 0.1) is 11.7 Å². The number of hydrogen-bond acceptors (Lipinski definition) is 11. The molecular weight excluding hydrogens is 657 g/mol. The van der Waals surface area contributed by atoms with Crippen molar-refractivity contribution in [3.63, 3.8) is 0 Å². The normalized spacial score (nSPS) is 21.7. The third-order valence-corrected chi connectivity index (χ3v) is 9.94. The quantitative estimate of drug-likeness (QED) is 0.296. The van der Waals surface area contributed by atoms with E-state index in [1.54, 1.807) is 24.3 Å². The van der Waals surface area contributed by atoms with Crippen molar-refractivity contribution in [3.8, 4) is 0 Å². The van der Waals surface area contributed by atoms with Gasteiger partial charge in [0, 0.05) is 37.4 Å². The second-order valence-electron chi connectivity index (χ2n) is 12.9. The Morgan fingerprint density at radius 1 is 0.980 bits per heavy atom. The molecule has 3 fully saturated rings. The number of carbonyl (C=O) groups excluding carboxylic acids is 5. The molecule has 2 aromatic carbocycles. The zero-order valence-electron chi connectivity index (χ0n) is 26.3. The summed E-state index contributed by atoms with van der Waals surface area (Å²) in [7, 11) is 0. The van der Waals surface area contributed by atoms with Gasteiger partial charge in [-0.15, -0.1) is 10.2 Å². The summed E-state index contributed by atoms with van der Waals surface area (Å²) in [5, 5.41) is 12.1. The molecule has 14 nitrogen and oxygen atoms in total. The van der Waals surface area contributed by atoms with E-state index < -0.39 is 35.6 Å². The highest BCUT2D eigenvalue weighted by Gasteiger charge is 2.45. The molecule has 49 heavy (non-hydrogen) atoms. The van der Waals surface area contributed by atoms with Gasteiger partial charge in [-0.2, -0.15) is 4.98 Å². The van der Waals surface area contributed by atoms with Crippen LogP contribution in [0.4, 0.5) is 21.6 Å². The molecule has 4 N–H and O–H groups in total. The van der Waals surface area contributed by atoms with Crippen molar-refractivity contribution in [2.45, 2.75) is 44.1 Å². The fraction of sp³-hybridized carbons (Fsp3) is 0.394. The van der Waals surface area contributed by atoms with E-state index in [0.29, 0.717) is 17.2 Å². The number of nitrogens with two attached hydrogens (primary N) is 1. The Balaban J connectivity index is 0.927. The summed E-state index contributed by atoms with van der Waals surface area (Å²) >= 11 is 5.81. The molecule has 3 aromatic rings. The minimum Gasteiger partial charge on any atom is -0.371 e. The van der Waals surface area contributed by atoms with Gasteiger partial charge in [-0.25, -0.2) is 4.39 Å². The molecule has 4 aliphatic rings. The van der Waals surface area contributed by atoms with Gasteiger partial charge in [0.2, 0.25) is 17.1 Å². The Bertz CT molecular complexity index is 1880. The smallest absolute Gasteiger partial charge is 0.273 e. The lowest BCUT2D eigenvalue weighted by Crippen LogP contribution is -2.54. The number of nitrogens with one attached hydrogen (secondary N) is 2. The molecule has 0 bridgehead atoms. The number of imide groups is 2. The number of amides is 5. The van der Waals surface area contributed by atoms with Crippen molar-refractivity contribution in [1.82, 2.24) is 30.3 Å². The molecule has 3 saturated heterocycles. The van der Waals surface area contributed by atoms with Crippen LogP contribution in [-0.4, -0.2) is 93.3 Å². The van der Waals surface area contributed by atoms with Crippen molar-refractivity contribution in [2.75, 3.05) is 42.9 Å². The molecule has 0 radical (unpaired) electrons. The van der Waals surface area contributed by atoms with Crippen LogP contribution < -0.4 is 21.3 Å². The van der Waals surface area contributed by atoms with Crippen molar-refractivity contribution in [1.29, 1.82) is 0 Å². The lowest BCUT2D eigenvalue weighted by Gasteiger charge is -2.34. The first-order valence-electron chi connectivity index (χ1n) is 16.1. The largest absolute Gasteiger partial charge is 0.371 e. The van der Waals surface area contributed by atoms with Gasteiger partial charge in [0.1, 0.15) is 11.9 Å². The molecule has 4 aliphatic heterocycles. The summed E-state index contributed by atoms with van der Waals surface area (Å²) in [6.45, 7) is 4.17. The molecular formula is C33H33ClFN9O5. The number of piperidine rings is 2. The van der Waals surface area contributed by atoms with Gasteiger partial charge < -0.3 is 20.9 Å². The number of halogens is 2. The zero-order valence-corrected chi connectivity index (χ0v) is 27.1. The second-order valence-corrected chi connectivity index (χ2v) is 13.2. The highest BCUT2D eigenvalue weighted by atomic mass is 35.5. The van der Waals surface area contributed by atoms with Crippen LogP contribution in [-0.2, 0) is 9.59 Å². The molecule has 1 aromatic heterocycles. The number of carbonyl (C=O) groups is 5. The van der Waals surface area contributed by atoms with E-state index in [9.17, 15) is 24.0 Å². The number of primary amides is 1. The van der Waals surface area contributed by atoms with E-state index in [1.165, 1.54) is 6.07 Å². The number of nitrogens with zero attached hydrogens (tertiary/aromatic N) is 6. The van der Waals surface area contributed by atoms with E-state index in [0.717, 1.165) is 62.6 Å². The molecule has 16 heteroatoms. The van der Waals surface area contributed by atoms with Crippen LogP contribution in [0.2, 0.25) is 5.28 Å². The standard InChI is InChI=1S/C33H33ClFN9O5/c34-33-39-29(27(28(36)46)40-41-33)37-19-1-3-21(24(35)13-19)18-8-10-42(11-9-18)15-17-7-12-43(16-17)20-2-4-22-23(14-20)32(49)44(31(22)48)25-5-6-26(45)38-30(25)47/h1-4,13-14,17-18,25H,5-12,15-16H2,(H2,36,46)(H,37,39,41)(H,38,45,47). The molecule has 0 spiro atoms. The van der Waals surface area contributed by atoms with Crippen molar-refractivity contribution >= 4 is 58.3 Å². The Labute approximate surface area is 285 Å². The number of hydrogen-bond donors (Lipinski definition) is 3. The van der Waals surface area contributed by atoms with Crippen molar-refractivity contribution < 1.29 is 28.4 Å². The van der Waals surface area contributed by atoms with Crippen LogP contribution in [0.5, 0.6) is 0 Å². The molecule has 0 aliphatic carbocycles. The monoisotopic (exact) mass is 689 g/mol. The first-order chi connectivity index (χ1) is 23.5. The average Bonchev–Trinajstić information content (AvgIpc) is 3.63. The van der Waals surface area contributed by atoms with Crippen LogP contribution in [0.1, 0.15) is 74.8 Å². The Morgan fingerprint density at radius 2 is 1.76 bits per heavy atom. The molecule has 0 saturated carbocycles. The zero-order chi connectivity index (χ0) is 34.4. The number of rotatable bonds is 8. The van der Waals surface area contributed by atoms with Gasteiger partial charge in [-0.1, -0.05) is 6.07 Å². The molecule has 5 heterocycles. The fourth-order valence-corrected chi connectivity index (χ4v) is 7.42. The van der Waals surface area contributed by atoms with Crippen molar-refractivity contribution in [3.05, 3.63) is 69.9 Å². The third-order valence-electron chi connectivity index (χ3n) is 9.78. The van der Waals surface area contributed by atoms with E-state index in [4.69, 9.17) is 17.3 Å². The summed E-state index contributed by atoms with van der Waals surface area (Å²) in [6, 6.07) is 9.05. The SMILES string of the molecule is NC(=O)c1nnc(Cl)nc1Nc1ccc(C2CCN(CC3CCN(c4ccc5c(c4)C(=O)N(C4CCC(=O)NC4=O)C5=O)C3)CC2)c(F)c1. The average molecular weight is 690 g/mol. The number of likely N-dealkylation sites (tertiary alicyclic amines) is 1. The third kappa shape index (κ3) is 6.43. The Morgan fingerprint density at radius 3 is 2.49 bits per heavy atom.